The van der Waals surface area contributed by atoms with Crippen LogP contribution in [0.2, 0.25) is 5.02 Å². The number of carboxylic acid groups (broad SMARTS) is 1. The number of aryl methyl sites for hydroxylation is 1. The number of hydrogen-bond acceptors (Lipinski definition) is 6. The molecular formula is C18H15ClN2O4S. The Bertz CT molecular complexity index is 912. The van der Waals surface area contributed by atoms with Crippen molar-refractivity contribution in [2.75, 3.05) is 0 Å². The Hall–Kier alpha value is -2.51. The highest BCUT2D eigenvalue weighted by Crippen LogP contribution is 2.24. The van der Waals surface area contributed by atoms with Gasteiger partial charge >= 0.3 is 5.97 Å². The van der Waals surface area contributed by atoms with Gasteiger partial charge in [0.05, 0.1) is 5.56 Å². The van der Waals surface area contributed by atoms with Crippen LogP contribution in [0.3, 0.4) is 0 Å². The average Bonchev–Trinajstić information content (AvgIpc) is 3.07. The number of thioether (sulfide) groups is 1. The van der Waals surface area contributed by atoms with Crippen molar-refractivity contribution in [1.29, 1.82) is 0 Å². The van der Waals surface area contributed by atoms with E-state index >= 15 is 0 Å². The van der Waals surface area contributed by atoms with Gasteiger partial charge in [-0.1, -0.05) is 35.5 Å². The Morgan fingerprint density at radius 2 is 2.00 bits per heavy atom. The van der Waals surface area contributed by atoms with E-state index in [4.69, 9.17) is 25.9 Å². The standard InChI is InChI=1S/C18H15ClN2O4S/c1-11-8-14(19)6-7-15(11)24-9-16-20-21-18(25-16)26-10-12-2-4-13(5-3-12)17(22)23/h2-8H,9-10H2,1H3,(H,22,23). The molecule has 0 spiro atoms. The Balaban J connectivity index is 1.53. The Kier molecular flexibility index (Phi) is 5.80. The van der Waals surface area contributed by atoms with Gasteiger partial charge < -0.3 is 14.3 Å². The summed E-state index contributed by atoms with van der Waals surface area (Å²) in [6.07, 6.45) is 0. The highest BCUT2D eigenvalue weighted by molar-refractivity contribution is 7.98. The van der Waals surface area contributed by atoms with Crippen LogP contribution in [0, 0.1) is 6.92 Å². The van der Waals surface area contributed by atoms with Crippen LogP contribution in [0.25, 0.3) is 0 Å². The van der Waals surface area contributed by atoms with E-state index in [1.807, 2.05) is 13.0 Å². The van der Waals surface area contributed by atoms with Crippen molar-refractivity contribution in [2.24, 2.45) is 0 Å². The van der Waals surface area contributed by atoms with Crippen molar-refractivity contribution in [3.8, 4) is 5.75 Å². The number of aromatic carboxylic acids is 1. The molecule has 0 amide bonds. The second-order valence-electron chi connectivity index (χ2n) is 5.45. The highest BCUT2D eigenvalue weighted by atomic mass is 35.5. The first-order valence-electron chi connectivity index (χ1n) is 7.67. The van der Waals surface area contributed by atoms with Crippen LogP contribution in [0.15, 0.2) is 52.1 Å². The predicted molar refractivity (Wildman–Crippen MR) is 97.8 cm³/mol. The van der Waals surface area contributed by atoms with Gasteiger partial charge in [0.15, 0.2) is 6.61 Å². The zero-order chi connectivity index (χ0) is 18.5. The van der Waals surface area contributed by atoms with E-state index in [2.05, 4.69) is 10.2 Å². The molecule has 0 saturated heterocycles. The van der Waals surface area contributed by atoms with Gasteiger partial charge in [0.25, 0.3) is 11.1 Å². The van der Waals surface area contributed by atoms with Crippen LogP contribution in [0.4, 0.5) is 0 Å². The molecule has 0 aliphatic carbocycles. The van der Waals surface area contributed by atoms with Crippen molar-refractivity contribution in [3.63, 3.8) is 0 Å². The van der Waals surface area contributed by atoms with Crippen LogP contribution in [0.1, 0.15) is 27.4 Å². The van der Waals surface area contributed by atoms with E-state index in [0.717, 1.165) is 11.1 Å². The summed E-state index contributed by atoms with van der Waals surface area (Å²) in [5.74, 6) is 0.739. The average molecular weight is 391 g/mol. The number of ether oxygens (including phenoxy) is 1. The fraction of sp³-hybridized carbons (Fsp3) is 0.167. The molecule has 1 heterocycles. The first-order chi connectivity index (χ1) is 12.5. The molecule has 6 nitrogen and oxygen atoms in total. The lowest BCUT2D eigenvalue weighted by Crippen LogP contribution is -1.97. The molecule has 134 valence electrons. The van der Waals surface area contributed by atoms with Crippen LogP contribution < -0.4 is 4.74 Å². The summed E-state index contributed by atoms with van der Waals surface area (Å²) in [6.45, 7) is 2.08. The summed E-state index contributed by atoms with van der Waals surface area (Å²) in [6, 6.07) is 12.0. The topological polar surface area (TPSA) is 85.5 Å². The molecule has 2 aromatic carbocycles. The summed E-state index contributed by atoms with van der Waals surface area (Å²) in [5, 5.41) is 17.9. The van der Waals surface area contributed by atoms with Gasteiger partial charge in [0.2, 0.25) is 0 Å². The lowest BCUT2D eigenvalue weighted by Gasteiger charge is -2.06. The van der Waals surface area contributed by atoms with Gasteiger partial charge in [-0.2, -0.15) is 0 Å². The van der Waals surface area contributed by atoms with E-state index in [1.165, 1.54) is 11.8 Å². The second-order valence-corrected chi connectivity index (χ2v) is 6.81. The molecule has 0 atom stereocenters. The molecule has 0 fully saturated rings. The number of carbonyl (C=O) groups is 1. The zero-order valence-electron chi connectivity index (χ0n) is 13.8. The summed E-state index contributed by atoms with van der Waals surface area (Å²) >= 11 is 7.29. The molecule has 8 heteroatoms. The minimum atomic E-state index is -0.943. The van der Waals surface area contributed by atoms with Crippen LogP contribution in [-0.2, 0) is 12.4 Å². The maximum absolute atomic E-state index is 10.8. The lowest BCUT2D eigenvalue weighted by atomic mass is 10.1. The molecule has 0 bridgehead atoms. The van der Waals surface area contributed by atoms with Gasteiger partial charge in [0, 0.05) is 10.8 Å². The molecule has 0 aliphatic rings. The number of nitrogens with zero attached hydrogens (tertiary/aromatic N) is 2. The molecule has 0 saturated carbocycles. The smallest absolute Gasteiger partial charge is 0.335 e. The fourth-order valence-electron chi connectivity index (χ4n) is 2.16. The first-order valence-corrected chi connectivity index (χ1v) is 9.04. The van der Waals surface area contributed by atoms with Crippen LogP contribution >= 0.6 is 23.4 Å². The quantitative estimate of drug-likeness (QED) is 0.590. The van der Waals surface area contributed by atoms with Crippen molar-refractivity contribution >= 4 is 29.3 Å². The molecule has 0 radical (unpaired) electrons. The predicted octanol–water partition coefficient (Wildman–Crippen LogP) is 4.60. The van der Waals surface area contributed by atoms with Gasteiger partial charge in [-0.15, -0.1) is 10.2 Å². The molecule has 0 aliphatic heterocycles. The third-order valence-electron chi connectivity index (χ3n) is 3.50. The monoisotopic (exact) mass is 390 g/mol. The van der Waals surface area contributed by atoms with Gasteiger partial charge in [-0.25, -0.2) is 4.79 Å². The number of benzene rings is 2. The number of rotatable bonds is 7. The van der Waals surface area contributed by atoms with Gasteiger partial charge in [0.1, 0.15) is 5.75 Å². The number of halogens is 1. The second kappa shape index (κ2) is 8.25. The van der Waals surface area contributed by atoms with Crippen molar-refractivity contribution in [3.05, 3.63) is 70.1 Å². The van der Waals surface area contributed by atoms with E-state index < -0.39 is 5.97 Å². The SMILES string of the molecule is Cc1cc(Cl)ccc1OCc1nnc(SCc2ccc(C(=O)O)cc2)o1. The van der Waals surface area contributed by atoms with Gasteiger partial charge in [-0.3, -0.25) is 0 Å². The number of hydrogen-bond donors (Lipinski definition) is 1. The molecular weight excluding hydrogens is 376 g/mol. The van der Waals surface area contributed by atoms with E-state index in [-0.39, 0.29) is 12.2 Å². The number of aromatic nitrogens is 2. The van der Waals surface area contributed by atoms with E-state index in [1.54, 1.807) is 36.4 Å². The van der Waals surface area contributed by atoms with E-state index in [9.17, 15) is 4.79 Å². The molecule has 3 aromatic rings. The van der Waals surface area contributed by atoms with E-state index in [0.29, 0.717) is 27.6 Å². The third kappa shape index (κ3) is 4.77. The fourth-order valence-corrected chi connectivity index (χ4v) is 3.12. The van der Waals surface area contributed by atoms with Crippen molar-refractivity contribution in [1.82, 2.24) is 10.2 Å². The summed E-state index contributed by atoms with van der Waals surface area (Å²) < 4.78 is 11.2. The maximum Gasteiger partial charge on any atom is 0.335 e. The zero-order valence-corrected chi connectivity index (χ0v) is 15.4. The normalized spacial score (nSPS) is 10.7. The van der Waals surface area contributed by atoms with Gasteiger partial charge in [-0.05, 0) is 48.4 Å². The molecule has 1 aromatic heterocycles. The minimum Gasteiger partial charge on any atom is -0.484 e. The molecule has 3 rings (SSSR count). The minimum absolute atomic E-state index is 0.170. The molecule has 0 unspecified atom stereocenters. The number of carboxylic acids is 1. The van der Waals surface area contributed by atoms with Crippen molar-refractivity contribution < 1.29 is 19.1 Å². The Morgan fingerprint density at radius 1 is 1.23 bits per heavy atom. The third-order valence-corrected chi connectivity index (χ3v) is 4.62. The summed E-state index contributed by atoms with van der Waals surface area (Å²) in [5.41, 5.74) is 2.15. The lowest BCUT2D eigenvalue weighted by molar-refractivity contribution is 0.0697. The molecule has 1 N–H and O–H groups in total. The molecule has 26 heavy (non-hydrogen) atoms. The highest BCUT2D eigenvalue weighted by Gasteiger charge is 2.09. The van der Waals surface area contributed by atoms with Crippen molar-refractivity contribution in [2.45, 2.75) is 24.5 Å². The summed E-state index contributed by atoms with van der Waals surface area (Å²) in [7, 11) is 0. The largest absolute Gasteiger partial charge is 0.484 e. The van der Waals surface area contributed by atoms with Crippen LogP contribution in [-0.4, -0.2) is 21.3 Å². The van der Waals surface area contributed by atoms with Crippen LogP contribution in [0.5, 0.6) is 5.75 Å². The summed E-state index contributed by atoms with van der Waals surface area (Å²) in [4.78, 5) is 10.8. The Labute approximate surface area is 159 Å². The first kappa shape index (κ1) is 18.3. The Morgan fingerprint density at radius 3 is 2.69 bits per heavy atom. The maximum atomic E-state index is 10.8.